The number of hydrogen-bond acceptors (Lipinski definition) is 4. The molecule has 0 bridgehead atoms. The molecule has 0 saturated heterocycles. The summed E-state index contributed by atoms with van der Waals surface area (Å²) >= 11 is 0. The molecule has 0 aliphatic carbocycles. The SMILES string of the molecule is CCCCCCCCCCC/C=C\C/C=C\CCCCCCCCCCCC(O)CC(=O)NC(CO)C(O)/C=C/CCCCCCCCCCCCCCCCCCCCCCC. The van der Waals surface area contributed by atoms with Gasteiger partial charge in [-0.2, -0.15) is 0 Å². The van der Waals surface area contributed by atoms with Crippen LogP contribution in [0.2, 0.25) is 0 Å². The summed E-state index contributed by atoms with van der Waals surface area (Å²) in [6.45, 7) is 4.24. The summed E-state index contributed by atoms with van der Waals surface area (Å²) in [6, 6.07) is -0.747. The maximum atomic E-state index is 12.5. The second-order valence-corrected chi connectivity index (χ2v) is 19.5. The summed E-state index contributed by atoms with van der Waals surface area (Å²) in [7, 11) is 0. The normalized spacial score (nSPS) is 13.5. The van der Waals surface area contributed by atoms with E-state index < -0.39 is 18.2 Å². The first-order chi connectivity index (χ1) is 31.0. The number of unbranched alkanes of at least 4 members (excludes halogenated alkanes) is 39. The van der Waals surface area contributed by atoms with E-state index in [4.69, 9.17) is 0 Å². The molecule has 3 unspecified atom stereocenters. The van der Waals surface area contributed by atoms with E-state index in [0.29, 0.717) is 6.42 Å². The smallest absolute Gasteiger partial charge is 0.222 e. The fraction of sp³-hybridized carbons (Fsp3) is 0.879. The lowest BCUT2D eigenvalue weighted by Crippen LogP contribution is -2.45. The molecule has 0 aromatic carbocycles. The molecule has 0 fully saturated rings. The van der Waals surface area contributed by atoms with Crippen molar-refractivity contribution in [3.8, 4) is 0 Å². The number of aliphatic hydroxyl groups excluding tert-OH is 3. The van der Waals surface area contributed by atoms with Gasteiger partial charge in [-0.15, -0.1) is 0 Å². The zero-order chi connectivity index (χ0) is 45.8. The molecule has 4 N–H and O–H groups in total. The topological polar surface area (TPSA) is 89.8 Å². The fourth-order valence-corrected chi connectivity index (χ4v) is 8.84. The van der Waals surface area contributed by atoms with Crippen LogP contribution < -0.4 is 5.32 Å². The average molecular weight is 887 g/mol. The van der Waals surface area contributed by atoms with Gasteiger partial charge in [-0.3, -0.25) is 4.79 Å². The molecule has 0 rings (SSSR count). The number of amides is 1. The van der Waals surface area contributed by atoms with E-state index in [1.807, 2.05) is 6.08 Å². The maximum absolute atomic E-state index is 12.5. The summed E-state index contributed by atoms with van der Waals surface area (Å²) in [4.78, 5) is 12.5. The average Bonchev–Trinajstić information content (AvgIpc) is 3.28. The van der Waals surface area contributed by atoms with Gasteiger partial charge in [-0.1, -0.05) is 281 Å². The number of carbonyl (C=O) groups is 1. The van der Waals surface area contributed by atoms with Crippen molar-refractivity contribution in [2.45, 2.75) is 321 Å². The van der Waals surface area contributed by atoms with Gasteiger partial charge in [-0.25, -0.2) is 0 Å². The van der Waals surface area contributed by atoms with Crippen LogP contribution in [0.15, 0.2) is 36.5 Å². The van der Waals surface area contributed by atoms with Crippen LogP contribution in [0.3, 0.4) is 0 Å². The molecule has 0 aliphatic rings. The highest BCUT2D eigenvalue weighted by Gasteiger charge is 2.20. The van der Waals surface area contributed by atoms with Crippen molar-refractivity contribution in [3.63, 3.8) is 0 Å². The van der Waals surface area contributed by atoms with Crippen LogP contribution in [0, 0.1) is 0 Å². The first-order valence-electron chi connectivity index (χ1n) is 28.3. The third-order valence-electron chi connectivity index (χ3n) is 13.2. The Labute approximate surface area is 394 Å². The third kappa shape index (κ3) is 49.8. The van der Waals surface area contributed by atoms with Crippen molar-refractivity contribution in [2.75, 3.05) is 6.61 Å². The number of carbonyl (C=O) groups excluding carboxylic acids is 1. The number of nitrogens with one attached hydrogen (secondary N) is 1. The van der Waals surface area contributed by atoms with Gasteiger partial charge >= 0.3 is 0 Å². The molecule has 63 heavy (non-hydrogen) atoms. The quantitative estimate of drug-likeness (QED) is 0.0362. The summed E-state index contributed by atoms with van der Waals surface area (Å²) in [5.41, 5.74) is 0. The van der Waals surface area contributed by atoms with Gasteiger partial charge in [0.2, 0.25) is 5.91 Å². The second-order valence-electron chi connectivity index (χ2n) is 19.5. The van der Waals surface area contributed by atoms with Crippen LogP contribution >= 0.6 is 0 Å². The zero-order valence-electron chi connectivity index (χ0n) is 42.5. The van der Waals surface area contributed by atoms with E-state index >= 15 is 0 Å². The third-order valence-corrected chi connectivity index (χ3v) is 13.2. The minimum atomic E-state index is -0.931. The molecule has 3 atom stereocenters. The van der Waals surface area contributed by atoms with Crippen LogP contribution in [0.5, 0.6) is 0 Å². The Bertz CT molecular complexity index is 978. The van der Waals surface area contributed by atoms with Crippen molar-refractivity contribution in [2.24, 2.45) is 0 Å². The summed E-state index contributed by atoms with van der Waals surface area (Å²) < 4.78 is 0. The van der Waals surface area contributed by atoms with Crippen molar-refractivity contribution < 1.29 is 20.1 Å². The van der Waals surface area contributed by atoms with E-state index in [-0.39, 0.29) is 18.9 Å². The molecule has 1 amide bonds. The Hall–Kier alpha value is -1.43. The van der Waals surface area contributed by atoms with Crippen LogP contribution in [-0.4, -0.2) is 46.1 Å². The molecule has 0 spiro atoms. The van der Waals surface area contributed by atoms with E-state index in [1.54, 1.807) is 6.08 Å². The highest BCUT2D eigenvalue weighted by Crippen LogP contribution is 2.17. The van der Waals surface area contributed by atoms with Crippen LogP contribution in [-0.2, 0) is 4.79 Å². The molecule has 372 valence electrons. The van der Waals surface area contributed by atoms with Gasteiger partial charge in [0.15, 0.2) is 0 Å². The number of aliphatic hydroxyl groups is 3. The lowest BCUT2D eigenvalue weighted by molar-refractivity contribution is -0.124. The lowest BCUT2D eigenvalue weighted by Gasteiger charge is -2.21. The molecule has 0 aliphatic heterocycles. The fourth-order valence-electron chi connectivity index (χ4n) is 8.84. The van der Waals surface area contributed by atoms with E-state index in [9.17, 15) is 20.1 Å². The van der Waals surface area contributed by atoms with Gasteiger partial charge in [0.05, 0.1) is 31.3 Å². The van der Waals surface area contributed by atoms with Crippen molar-refractivity contribution in [1.29, 1.82) is 0 Å². The lowest BCUT2D eigenvalue weighted by atomic mass is 10.0. The van der Waals surface area contributed by atoms with Gasteiger partial charge < -0.3 is 20.6 Å². The number of allylic oxidation sites excluding steroid dienone is 5. The van der Waals surface area contributed by atoms with Crippen molar-refractivity contribution >= 4 is 5.91 Å². The Kier molecular flexibility index (Phi) is 52.0. The molecule has 0 aromatic heterocycles. The molecule has 0 saturated carbocycles. The van der Waals surface area contributed by atoms with E-state index in [2.05, 4.69) is 43.5 Å². The summed E-state index contributed by atoms with van der Waals surface area (Å²) in [5.74, 6) is -0.315. The predicted molar refractivity (Wildman–Crippen MR) is 278 cm³/mol. The molecule has 0 aromatic rings. The minimum absolute atomic E-state index is 0.0116. The zero-order valence-corrected chi connectivity index (χ0v) is 42.5. The van der Waals surface area contributed by atoms with Crippen molar-refractivity contribution in [1.82, 2.24) is 5.32 Å². The highest BCUT2D eigenvalue weighted by atomic mass is 16.3. The molecule has 0 heterocycles. The van der Waals surface area contributed by atoms with Gasteiger partial charge in [-0.05, 0) is 51.4 Å². The van der Waals surface area contributed by atoms with Crippen LogP contribution in [0.1, 0.15) is 303 Å². The first-order valence-corrected chi connectivity index (χ1v) is 28.3. The predicted octanol–water partition coefficient (Wildman–Crippen LogP) is 17.4. The van der Waals surface area contributed by atoms with Gasteiger partial charge in [0.25, 0.3) is 0 Å². The summed E-state index contributed by atoms with van der Waals surface area (Å²) in [5, 5.41) is 33.5. The Morgan fingerprint density at radius 1 is 0.413 bits per heavy atom. The summed E-state index contributed by atoms with van der Waals surface area (Å²) in [6.07, 6.45) is 69.0. The van der Waals surface area contributed by atoms with Crippen LogP contribution in [0.4, 0.5) is 0 Å². The first kappa shape index (κ1) is 61.6. The number of rotatable bonds is 52. The molecular formula is C58H111NO4. The van der Waals surface area contributed by atoms with Gasteiger partial charge in [0, 0.05) is 0 Å². The maximum Gasteiger partial charge on any atom is 0.222 e. The Morgan fingerprint density at radius 2 is 0.714 bits per heavy atom. The minimum Gasteiger partial charge on any atom is -0.394 e. The molecular weight excluding hydrogens is 775 g/mol. The second kappa shape index (κ2) is 53.2. The standard InChI is InChI=1S/C58H111NO4/c1-3-5-7-9-11-13-15-17-19-21-23-25-27-28-30-31-33-35-37-39-41-43-45-47-49-51-55(61)53-58(63)59-56(54-60)57(62)52-50-48-46-44-42-40-38-36-34-32-29-26-24-22-20-18-16-14-12-10-8-6-4-2/h23,25,28,30,50,52,55-57,60-62H,3-22,24,26-27,29,31-49,51,53-54H2,1-2H3,(H,59,63)/b25-23-,30-28-,52-50+. The van der Waals surface area contributed by atoms with Crippen LogP contribution in [0.25, 0.3) is 0 Å². The largest absolute Gasteiger partial charge is 0.394 e. The Morgan fingerprint density at radius 3 is 1.05 bits per heavy atom. The number of hydrogen-bond donors (Lipinski definition) is 4. The molecule has 0 radical (unpaired) electrons. The van der Waals surface area contributed by atoms with Gasteiger partial charge in [0.1, 0.15) is 0 Å². The molecule has 5 nitrogen and oxygen atoms in total. The Balaban J connectivity index is 3.59. The monoisotopic (exact) mass is 886 g/mol. The van der Waals surface area contributed by atoms with E-state index in [1.165, 1.54) is 244 Å². The molecule has 5 heteroatoms. The highest BCUT2D eigenvalue weighted by molar-refractivity contribution is 5.76. The van der Waals surface area contributed by atoms with E-state index in [0.717, 1.165) is 32.1 Å². The van der Waals surface area contributed by atoms with Crippen molar-refractivity contribution in [3.05, 3.63) is 36.5 Å².